The number of aryl methyl sites for hydroxylation is 1. The number of hydrogen-bond donors (Lipinski definition) is 1. The van der Waals surface area contributed by atoms with Crippen molar-refractivity contribution in [1.82, 2.24) is 19.7 Å². The second-order valence-electron chi connectivity index (χ2n) is 5.29. The fraction of sp³-hybridized carbons (Fsp3) is 0.545. The SMILES string of the molecule is CC(C)(C)CCn1ncc2c(Cl)nc(N)nc21. The Morgan fingerprint density at radius 3 is 2.71 bits per heavy atom. The van der Waals surface area contributed by atoms with Crippen molar-refractivity contribution >= 4 is 28.6 Å². The minimum absolute atomic E-state index is 0.181. The van der Waals surface area contributed by atoms with E-state index in [1.54, 1.807) is 6.20 Å². The first-order valence-corrected chi connectivity index (χ1v) is 5.89. The largest absolute Gasteiger partial charge is 0.368 e. The average Bonchev–Trinajstić information content (AvgIpc) is 2.57. The van der Waals surface area contributed by atoms with E-state index in [9.17, 15) is 0 Å². The molecule has 0 saturated carbocycles. The number of aromatic nitrogens is 4. The molecule has 92 valence electrons. The van der Waals surface area contributed by atoms with Crippen LogP contribution in [0.5, 0.6) is 0 Å². The molecule has 0 spiro atoms. The zero-order valence-corrected chi connectivity index (χ0v) is 11.0. The molecule has 0 atom stereocenters. The third-order valence-corrected chi connectivity index (χ3v) is 2.83. The molecule has 0 aliphatic carbocycles. The predicted octanol–water partition coefficient (Wildman–Crippen LogP) is 2.50. The van der Waals surface area contributed by atoms with Gasteiger partial charge in [-0.25, -0.2) is 9.67 Å². The molecule has 0 unspecified atom stereocenters. The van der Waals surface area contributed by atoms with Gasteiger partial charge in [0.05, 0.1) is 11.6 Å². The van der Waals surface area contributed by atoms with Crippen LogP contribution >= 0.6 is 11.6 Å². The number of anilines is 1. The highest BCUT2D eigenvalue weighted by molar-refractivity contribution is 6.34. The lowest BCUT2D eigenvalue weighted by molar-refractivity contribution is 0.343. The van der Waals surface area contributed by atoms with Crippen molar-refractivity contribution in [2.45, 2.75) is 33.7 Å². The molecule has 0 fully saturated rings. The van der Waals surface area contributed by atoms with E-state index < -0.39 is 0 Å². The number of hydrogen-bond acceptors (Lipinski definition) is 4. The fourth-order valence-corrected chi connectivity index (χ4v) is 1.76. The van der Waals surface area contributed by atoms with Gasteiger partial charge in [-0.15, -0.1) is 0 Å². The van der Waals surface area contributed by atoms with Crippen LogP contribution in [-0.2, 0) is 6.54 Å². The molecule has 0 amide bonds. The number of nitrogens with two attached hydrogens (primary N) is 1. The fourth-order valence-electron chi connectivity index (χ4n) is 1.54. The summed E-state index contributed by atoms with van der Waals surface area (Å²) < 4.78 is 1.82. The lowest BCUT2D eigenvalue weighted by Crippen LogP contribution is -2.11. The summed E-state index contributed by atoms with van der Waals surface area (Å²) in [5, 5.41) is 5.38. The van der Waals surface area contributed by atoms with Gasteiger partial charge in [0, 0.05) is 6.54 Å². The van der Waals surface area contributed by atoms with Crippen molar-refractivity contribution in [1.29, 1.82) is 0 Å². The van der Waals surface area contributed by atoms with Gasteiger partial charge in [-0.3, -0.25) is 0 Å². The van der Waals surface area contributed by atoms with Gasteiger partial charge in [0.25, 0.3) is 0 Å². The molecule has 2 rings (SSSR count). The summed E-state index contributed by atoms with van der Waals surface area (Å²) in [5.41, 5.74) is 6.54. The first kappa shape index (κ1) is 12.1. The van der Waals surface area contributed by atoms with E-state index in [1.807, 2.05) is 4.68 Å². The molecule has 5 nitrogen and oxygen atoms in total. The second-order valence-corrected chi connectivity index (χ2v) is 5.65. The van der Waals surface area contributed by atoms with Crippen molar-refractivity contribution in [3.63, 3.8) is 0 Å². The molecule has 2 aromatic heterocycles. The number of rotatable bonds is 2. The second kappa shape index (κ2) is 4.14. The molecule has 6 heteroatoms. The Hall–Kier alpha value is -1.36. The molecule has 0 aliphatic rings. The van der Waals surface area contributed by atoms with Gasteiger partial charge in [0.2, 0.25) is 5.95 Å². The van der Waals surface area contributed by atoms with E-state index in [0.29, 0.717) is 10.8 Å². The molecule has 17 heavy (non-hydrogen) atoms. The van der Waals surface area contributed by atoms with Crippen LogP contribution in [0.15, 0.2) is 6.20 Å². The number of nitrogens with zero attached hydrogens (tertiary/aromatic N) is 4. The quantitative estimate of drug-likeness (QED) is 0.835. The summed E-state index contributed by atoms with van der Waals surface area (Å²) in [6.45, 7) is 7.36. The lowest BCUT2D eigenvalue weighted by Gasteiger charge is -2.17. The smallest absolute Gasteiger partial charge is 0.223 e. The van der Waals surface area contributed by atoms with Gasteiger partial charge in [-0.2, -0.15) is 10.1 Å². The average molecular weight is 254 g/mol. The molecule has 0 aromatic carbocycles. The molecule has 2 heterocycles. The zero-order chi connectivity index (χ0) is 12.6. The molecule has 0 radical (unpaired) electrons. The number of fused-ring (bicyclic) bond motifs is 1. The minimum Gasteiger partial charge on any atom is -0.368 e. The Balaban J connectivity index is 2.36. The van der Waals surface area contributed by atoms with Crippen molar-refractivity contribution < 1.29 is 0 Å². The van der Waals surface area contributed by atoms with Gasteiger partial charge in [-0.05, 0) is 11.8 Å². The molecular weight excluding hydrogens is 238 g/mol. The van der Waals surface area contributed by atoms with Crippen LogP contribution < -0.4 is 5.73 Å². The Kier molecular flexibility index (Phi) is 2.95. The highest BCUT2D eigenvalue weighted by Crippen LogP contribution is 2.23. The van der Waals surface area contributed by atoms with E-state index in [4.69, 9.17) is 17.3 Å². The van der Waals surface area contributed by atoms with Crippen LogP contribution in [0.4, 0.5) is 5.95 Å². The van der Waals surface area contributed by atoms with Gasteiger partial charge in [-0.1, -0.05) is 32.4 Å². The molecule has 2 aromatic rings. The van der Waals surface area contributed by atoms with Gasteiger partial charge in [0.1, 0.15) is 5.15 Å². The van der Waals surface area contributed by atoms with Crippen LogP contribution in [0, 0.1) is 5.41 Å². The lowest BCUT2D eigenvalue weighted by atomic mass is 9.92. The minimum atomic E-state index is 0.181. The zero-order valence-electron chi connectivity index (χ0n) is 10.2. The Labute approximate surface area is 105 Å². The molecule has 0 aliphatic heterocycles. The number of halogens is 1. The van der Waals surface area contributed by atoms with Crippen molar-refractivity contribution in [3.05, 3.63) is 11.3 Å². The van der Waals surface area contributed by atoms with Crippen LogP contribution in [0.1, 0.15) is 27.2 Å². The maximum atomic E-state index is 5.98. The first-order chi connectivity index (χ1) is 7.87. The normalized spacial score (nSPS) is 12.2. The van der Waals surface area contributed by atoms with Crippen molar-refractivity contribution in [3.8, 4) is 0 Å². The maximum Gasteiger partial charge on any atom is 0.223 e. The van der Waals surface area contributed by atoms with E-state index in [1.165, 1.54) is 0 Å². The van der Waals surface area contributed by atoms with E-state index in [2.05, 4.69) is 35.8 Å². The van der Waals surface area contributed by atoms with Crippen molar-refractivity contribution in [2.75, 3.05) is 5.73 Å². The van der Waals surface area contributed by atoms with Gasteiger partial charge in [0.15, 0.2) is 5.65 Å². The van der Waals surface area contributed by atoms with Gasteiger partial charge >= 0.3 is 0 Å². The summed E-state index contributed by atoms with van der Waals surface area (Å²) in [5.74, 6) is 0.181. The predicted molar refractivity (Wildman–Crippen MR) is 68.8 cm³/mol. The van der Waals surface area contributed by atoms with Crippen LogP contribution in [-0.4, -0.2) is 19.7 Å². The third-order valence-electron chi connectivity index (χ3n) is 2.54. The van der Waals surface area contributed by atoms with Crippen LogP contribution in [0.2, 0.25) is 5.15 Å². The molecule has 0 saturated heterocycles. The molecule has 2 N–H and O–H groups in total. The maximum absolute atomic E-state index is 5.98. The molecular formula is C11H16ClN5. The Bertz CT molecular complexity index is 541. The summed E-state index contributed by atoms with van der Waals surface area (Å²) in [4.78, 5) is 8.08. The van der Waals surface area contributed by atoms with Gasteiger partial charge < -0.3 is 5.73 Å². The Morgan fingerprint density at radius 2 is 2.06 bits per heavy atom. The summed E-state index contributed by atoms with van der Waals surface area (Å²) in [7, 11) is 0. The monoisotopic (exact) mass is 253 g/mol. The standard InChI is InChI=1S/C11H16ClN5/c1-11(2,3)4-5-17-9-7(6-14-17)8(12)15-10(13)16-9/h6H,4-5H2,1-3H3,(H2,13,15,16). The third kappa shape index (κ3) is 2.66. The van der Waals surface area contributed by atoms with E-state index >= 15 is 0 Å². The highest BCUT2D eigenvalue weighted by atomic mass is 35.5. The van der Waals surface area contributed by atoms with E-state index in [-0.39, 0.29) is 11.4 Å². The topological polar surface area (TPSA) is 69.6 Å². The number of nitrogen functional groups attached to an aromatic ring is 1. The Morgan fingerprint density at radius 1 is 1.35 bits per heavy atom. The summed E-state index contributed by atoms with van der Waals surface area (Å²) in [6.07, 6.45) is 2.69. The van der Waals surface area contributed by atoms with Crippen LogP contribution in [0.3, 0.4) is 0 Å². The van der Waals surface area contributed by atoms with Crippen molar-refractivity contribution in [2.24, 2.45) is 5.41 Å². The summed E-state index contributed by atoms with van der Waals surface area (Å²) >= 11 is 5.98. The molecule has 0 bridgehead atoms. The highest BCUT2D eigenvalue weighted by Gasteiger charge is 2.14. The first-order valence-electron chi connectivity index (χ1n) is 5.51. The summed E-state index contributed by atoms with van der Waals surface area (Å²) in [6, 6.07) is 0. The van der Waals surface area contributed by atoms with E-state index in [0.717, 1.165) is 18.4 Å². The van der Waals surface area contributed by atoms with Crippen LogP contribution in [0.25, 0.3) is 11.0 Å².